The number of rotatable bonds is 8. The molecule has 0 saturated carbocycles. The summed E-state index contributed by atoms with van der Waals surface area (Å²) in [6, 6.07) is 13.3. The Kier molecular flexibility index (Phi) is 6.58. The van der Waals surface area contributed by atoms with Gasteiger partial charge in [-0.3, -0.25) is 4.79 Å². The van der Waals surface area contributed by atoms with Crippen LogP contribution >= 0.6 is 27.5 Å². The fourth-order valence-corrected chi connectivity index (χ4v) is 3.91. The zero-order valence-corrected chi connectivity index (χ0v) is 19.3. The summed E-state index contributed by atoms with van der Waals surface area (Å²) < 4.78 is 4.39. The van der Waals surface area contributed by atoms with E-state index in [1.807, 2.05) is 60.3 Å². The molecule has 0 radical (unpaired) electrons. The highest BCUT2D eigenvalue weighted by atomic mass is 79.9. The van der Waals surface area contributed by atoms with Crippen LogP contribution in [0.5, 0.6) is 0 Å². The molecule has 1 aromatic carbocycles. The molecule has 0 aliphatic rings. The van der Waals surface area contributed by atoms with Gasteiger partial charge in [-0.1, -0.05) is 29.8 Å². The van der Waals surface area contributed by atoms with Crippen LogP contribution in [0.25, 0.3) is 16.9 Å². The van der Waals surface area contributed by atoms with Gasteiger partial charge in [0.2, 0.25) is 0 Å². The number of carbonyl (C=O) groups excluding carboxylic acids is 1. The molecular weight excluding hydrogens is 480 g/mol. The Balaban J connectivity index is 1.39. The molecule has 1 amide bonds. The van der Waals surface area contributed by atoms with Gasteiger partial charge in [0.1, 0.15) is 11.5 Å². The van der Waals surface area contributed by atoms with E-state index >= 15 is 0 Å². The van der Waals surface area contributed by atoms with Gasteiger partial charge in [0, 0.05) is 43.0 Å². The number of benzene rings is 1. The van der Waals surface area contributed by atoms with Crippen molar-refractivity contribution in [3.63, 3.8) is 0 Å². The normalized spacial score (nSPS) is 11.1. The van der Waals surface area contributed by atoms with Crippen molar-refractivity contribution in [2.45, 2.75) is 12.8 Å². The predicted molar refractivity (Wildman–Crippen MR) is 127 cm³/mol. The second kappa shape index (κ2) is 9.53. The minimum absolute atomic E-state index is 0.0536. The molecule has 3 heterocycles. The summed E-state index contributed by atoms with van der Waals surface area (Å²) in [5.74, 6) is 0.778. The van der Waals surface area contributed by atoms with E-state index in [-0.39, 0.29) is 5.91 Å². The van der Waals surface area contributed by atoms with Crippen LogP contribution < -0.4 is 10.6 Å². The fraction of sp³-hybridized carbons (Fsp3) is 0.227. The van der Waals surface area contributed by atoms with Gasteiger partial charge in [0.15, 0.2) is 5.65 Å². The number of nitrogens with one attached hydrogen (secondary N) is 2. The summed E-state index contributed by atoms with van der Waals surface area (Å²) in [5.41, 5.74) is 3.02. The largest absolute Gasteiger partial charge is 0.370 e. The summed E-state index contributed by atoms with van der Waals surface area (Å²) in [4.78, 5) is 16.9. The van der Waals surface area contributed by atoms with Crippen LogP contribution in [0.2, 0.25) is 5.02 Å². The van der Waals surface area contributed by atoms with Gasteiger partial charge in [-0.2, -0.15) is 9.61 Å². The second-order valence-electron chi connectivity index (χ2n) is 7.13. The molecule has 4 aromatic rings. The average molecular weight is 502 g/mol. The standard InChI is InChI=1S/C22H22BrClN6O/c1-29-12-6-9-19(29)22(31)26-11-5-4-10-25-20-13-18(15-7-2-3-8-17(15)24)28-21-16(23)14-27-30(20)21/h2-3,6-9,12-14,25H,4-5,10-11H2,1H3,(H,26,31). The van der Waals surface area contributed by atoms with Crippen molar-refractivity contribution < 1.29 is 4.79 Å². The first kappa shape index (κ1) is 21.4. The first-order valence-electron chi connectivity index (χ1n) is 9.97. The van der Waals surface area contributed by atoms with Crippen molar-refractivity contribution in [1.29, 1.82) is 0 Å². The van der Waals surface area contributed by atoms with Gasteiger partial charge in [-0.25, -0.2) is 4.98 Å². The lowest BCUT2D eigenvalue weighted by Crippen LogP contribution is -2.26. The molecule has 7 nitrogen and oxygen atoms in total. The van der Waals surface area contributed by atoms with E-state index in [1.54, 1.807) is 10.7 Å². The van der Waals surface area contributed by atoms with Gasteiger partial charge in [-0.15, -0.1) is 0 Å². The highest BCUT2D eigenvalue weighted by molar-refractivity contribution is 9.10. The molecule has 2 N–H and O–H groups in total. The van der Waals surface area contributed by atoms with Gasteiger partial charge in [-0.05, 0) is 47.0 Å². The summed E-state index contributed by atoms with van der Waals surface area (Å²) >= 11 is 9.89. The van der Waals surface area contributed by atoms with E-state index in [2.05, 4.69) is 31.7 Å². The number of hydrogen-bond donors (Lipinski definition) is 2. The van der Waals surface area contributed by atoms with Crippen LogP contribution in [-0.4, -0.2) is 38.2 Å². The lowest BCUT2D eigenvalue weighted by atomic mass is 10.1. The monoisotopic (exact) mass is 500 g/mol. The number of aromatic nitrogens is 4. The Morgan fingerprint density at radius 1 is 1.16 bits per heavy atom. The van der Waals surface area contributed by atoms with E-state index in [9.17, 15) is 4.79 Å². The fourth-order valence-electron chi connectivity index (χ4n) is 3.32. The molecule has 0 saturated heterocycles. The van der Waals surface area contributed by atoms with Crippen molar-refractivity contribution in [1.82, 2.24) is 24.5 Å². The minimum atomic E-state index is -0.0536. The topological polar surface area (TPSA) is 76.2 Å². The molecule has 0 aliphatic heterocycles. The quantitative estimate of drug-likeness (QED) is 0.341. The molecule has 4 rings (SSSR count). The number of fused-ring (bicyclic) bond motifs is 1. The average Bonchev–Trinajstić information content (AvgIpc) is 3.36. The number of nitrogens with zero attached hydrogens (tertiary/aromatic N) is 4. The third-order valence-corrected chi connectivity index (χ3v) is 5.84. The van der Waals surface area contributed by atoms with Gasteiger partial charge < -0.3 is 15.2 Å². The van der Waals surface area contributed by atoms with Crippen molar-refractivity contribution in [2.75, 3.05) is 18.4 Å². The molecule has 0 fully saturated rings. The number of carbonyl (C=O) groups is 1. The van der Waals surface area contributed by atoms with Crippen LogP contribution in [0, 0.1) is 0 Å². The van der Waals surface area contributed by atoms with E-state index in [0.717, 1.165) is 46.6 Å². The maximum atomic E-state index is 12.1. The summed E-state index contributed by atoms with van der Waals surface area (Å²) in [6.07, 6.45) is 5.33. The highest BCUT2D eigenvalue weighted by Gasteiger charge is 2.13. The Hall–Kier alpha value is -2.84. The van der Waals surface area contributed by atoms with Crippen molar-refractivity contribution in [3.8, 4) is 11.3 Å². The molecule has 160 valence electrons. The Bertz CT molecular complexity index is 1220. The molecular formula is C22H22BrClN6O. The summed E-state index contributed by atoms with van der Waals surface area (Å²) in [5, 5.41) is 11.4. The molecule has 31 heavy (non-hydrogen) atoms. The number of halogens is 2. The van der Waals surface area contributed by atoms with E-state index < -0.39 is 0 Å². The number of hydrogen-bond acceptors (Lipinski definition) is 4. The van der Waals surface area contributed by atoms with Crippen LogP contribution in [0.4, 0.5) is 5.82 Å². The number of aryl methyl sites for hydroxylation is 1. The van der Waals surface area contributed by atoms with Crippen LogP contribution in [0.3, 0.4) is 0 Å². The summed E-state index contributed by atoms with van der Waals surface area (Å²) in [7, 11) is 1.86. The highest BCUT2D eigenvalue weighted by Crippen LogP contribution is 2.30. The Morgan fingerprint density at radius 2 is 1.97 bits per heavy atom. The van der Waals surface area contributed by atoms with Gasteiger partial charge >= 0.3 is 0 Å². The third-order valence-electron chi connectivity index (χ3n) is 4.95. The minimum Gasteiger partial charge on any atom is -0.370 e. The Labute approximate surface area is 193 Å². The predicted octanol–water partition coefficient (Wildman–Crippen LogP) is 4.77. The van der Waals surface area contributed by atoms with Crippen molar-refractivity contribution in [3.05, 3.63) is 70.0 Å². The lowest BCUT2D eigenvalue weighted by molar-refractivity contribution is 0.0945. The van der Waals surface area contributed by atoms with Gasteiger partial charge in [0.05, 0.1) is 16.4 Å². The number of anilines is 1. The van der Waals surface area contributed by atoms with Crippen LogP contribution in [0.1, 0.15) is 23.3 Å². The molecule has 0 bridgehead atoms. The zero-order chi connectivity index (χ0) is 21.8. The first-order valence-corrected chi connectivity index (χ1v) is 11.1. The zero-order valence-electron chi connectivity index (χ0n) is 17.0. The van der Waals surface area contributed by atoms with E-state index in [4.69, 9.17) is 16.6 Å². The Morgan fingerprint density at radius 3 is 2.74 bits per heavy atom. The van der Waals surface area contributed by atoms with E-state index in [1.165, 1.54) is 0 Å². The smallest absolute Gasteiger partial charge is 0.267 e. The van der Waals surface area contributed by atoms with Gasteiger partial charge in [0.25, 0.3) is 5.91 Å². The SMILES string of the molecule is Cn1cccc1C(=O)NCCCCNc1cc(-c2ccccc2Cl)nc2c(Br)cnn12. The molecule has 9 heteroatoms. The second-order valence-corrected chi connectivity index (χ2v) is 8.39. The molecule has 3 aromatic heterocycles. The molecule has 0 atom stereocenters. The maximum Gasteiger partial charge on any atom is 0.267 e. The molecule has 0 aliphatic carbocycles. The lowest BCUT2D eigenvalue weighted by Gasteiger charge is -2.12. The first-order chi connectivity index (χ1) is 15.0. The molecule has 0 spiro atoms. The third kappa shape index (κ3) is 4.75. The maximum absolute atomic E-state index is 12.1. The number of unbranched alkanes of at least 4 members (excludes halogenated alkanes) is 1. The summed E-state index contributed by atoms with van der Waals surface area (Å²) in [6.45, 7) is 1.36. The van der Waals surface area contributed by atoms with Crippen molar-refractivity contribution in [2.24, 2.45) is 7.05 Å². The molecule has 0 unspecified atom stereocenters. The van der Waals surface area contributed by atoms with Crippen LogP contribution in [0.15, 0.2) is 59.3 Å². The number of amides is 1. The van der Waals surface area contributed by atoms with Crippen molar-refractivity contribution >= 4 is 44.9 Å². The van der Waals surface area contributed by atoms with E-state index in [0.29, 0.717) is 17.3 Å². The van der Waals surface area contributed by atoms with Crippen LogP contribution in [-0.2, 0) is 7.05 Å².